The molecule has 1 N–H and O–H groups in total. The van der Waals surface area contributed by atoms with E-state index >= 15 is 0 Å². The SMILES string of the molecule is CC(NC(=O)N(CCCl)N=O)P(=O)(Oc1ccccc1)Oc1ccccc1. The Balaban J connectivity index is 2.23. The number of carbonyl (C=O) groups is 1. The number of benzene rings is 2. The standard InChI is InChI=1S/C17H19ClN3O5P/c1-14(19-17(22)21(20-23)13-12-18)27(24,25-15-8-4-2-5-9-15)26-16-10-6-3-7-11-16/h2-11,14H,12-13H2,1H3,(H,19,22). The number of alkyl halides is 1. The van der Waals surface area contributed by atoms with Crippen LogP contribution in [0.2, 0.25) is 0 Å². The summed E-state index contributed by atoms with van der Waals surface area (Å²) in [5.41, 5.74) is 0. The molecular weight excluding hydrogens is 393 g/mol. The summed E-state index contributed by atoms with van der Waals surface area (Å²) in [6, 6.07) is 16.0. The Hall–Kier alpha value is -2.57. The van der Waals surface area contributed by atoms with Gasteiger partial charge in [0.05, 0.1) is 11.8 Å². The number of carbonyl (C=O) groups excluding carboxylic acids is 1. The highest BCUT2D eigenvalue weighted by atomic mass is 35.5. The van der Waals surface area contributed by atoms with E-state index in [0.29, 0.717) is 16.5 Å². The van der Waals surface area contributed by atoms with Crippen LogP contribution in [0.25, 0.3) is 0 Å². The van der Waals surface area contributed by atoms with E-state index in [0.717, 1.165) is 0 Å². The number of amides is 2. The molecule has 0 fully saturated rings. The van der Waals surface area contributed by atoms with Crippen LogP contribution in [-0.4, -0.2) is 29.2 Å². The Morgan fingerprint density at radius 3 is 2.00 bits per heavy atom. The third-order valence-electron chi connectivity index (χ3n) is 3.39. The Bertz CT molecular complexity index is 748. The van der Waals surface area contributed by atoms with Gasteiger partial charge < -0.3 is 14.4 Å². The van der Waals surface area contributed by atoms with Crippen molar-refractivity contribution in [3.8, 4) is 11.5 Å². The van der Waals surface area contributed by atoms with Crippen LogP contribution in [0.1, 0.15) is 6.92 Å². The van der Waals surface area contributed by atoms with Gasteiger partial charge in [-0.1, -0.05) is 36.4 Å². The number of hydrogen-bond donors (Lipinski definition) is 1. The molecular formula is C17H19ClN3O5P. The highest BCUT2D eigenvalue weighted by Gasteiger charge is 2.38. The summed E-state index contributed by atoms with van der Waals surface area (Å²) < 4.78 is 24.7. The first-order valence-electron chi connectivity index (χ1n) is 8.05. The lowest BCUT2D eigenvalue weighted by atomic mass is 10.3. The van der Waals surface area contributed by atoms with Gasteiger partial charge in [0.1, 0.15) is 11.5 Å². The molecule has 0 aliphatic heterocycles. The fraction of sp³-hybridized carbons (Fsp3) is 0.235. The Morgan fingerprint density at radius 2 is 1.59 bits per heavy atom. The zero-order chi connectivity index (χ0) is 19.7. The molecule has 2 aromatic carbocycles. The van der Waals surface area contributed by atoms with Crippen molar-refractivity contribution in [2.45, 2.75) is 12.7 Å². The van der Waals surface area contributed by atoms with Gasteiger partial charge in [-0.25, -0.2) is 9.36 Å². The van der Waals surface area contributed by atoms with Gasteiger partial charge >= 0.3 is 13.6 Å². The number of nitrogens with one attached hydrogen (secondary N) is 1. The van der Waals surface area contributed by atoms with E-state index in [4.69, 9.17) is 20.6 Å². The van der Waals surface area contributed by atoms with Gasteiger partial charge in [-0.3, -0.25) is 0 Å². The summed E-state index contributed by atoms with van der Waals surface area (Å²) in [4.78, 5) is 22.9. The monoisotopic (exact) mass is 411 g/mol. The molecule has 2 rings (SSSR count). The van der Waals surface area contributed by atoms with Gasteiger partial charge in [-0.2, -0.15) is 5.01 Å². The van der Waals surface area contributed by atoms with Crippen LogP contribution in [0.15, 0.2) is 65.9 Å². The quantitative estimate of drug-likeness (QED) is 0.281. The minimum atomic E-state index is -3.91. The largest absolute Gasteiger partial charge is 0.452 e. The van der Waals surface area contributed by atoms with Crippen LogP contribution in [0.3, 0.4) is 0 Å². The fourth-order valence-electron chi connectivity index (χ4n) is 2.03. The van der Waals surface area contributed by atoms with Gasteiger partial charge in [-0.15, -0.1) is 16.5 Å². The minimum Gasteiger partial charge on any atom is -0.415 e. The first kappa shape index (κ1) is 20.7. The topological polar surface area (TPSA) is 97.3 Å². The molecule has 27 heavy (non-hydrogen) atoms. The Labute approximate surface area is 161 Å². The second kappa shape index (κ2) is 9.94. The molecule has 0 bridgehead atoms. The van der Waals surface area contributed by atoms with E-state index in [1.54, 1.807) is 60.7 Å². The van der Waals surface area contributed by atoms with Crippen LogP contribution >= 0.6 is 19.2 Å². The summed E-state index contributed by atoms with van der Waals surface area (Å²) in [5, 5.41) is 5.61. The predicted octanol–water partition coefficient (Wildman–Crippen LogP) is 4.62. The molecule has 0 saturated heterocycles. The fourth-order valence-corrected chi connectivity index (χ4v) is 3.64. The van der Waals surface area contributed by atoms with Gasteiger partial charge in [0.15, 0.2) is 5.78 Å². The average molecular weight is 412 g/mol. The third kappa shape index (κ3) is 5.98. The van der Waals surface area contributed by atoms with Gasteiger partial charge in [-0.05, 0) is 31.2 Å². The molecule has 1 unspecified atom stereocenters. The number of hydrogen-bond acceptors (Lipinski definition) is 6. The highest BCUT2D eigenvalue weighted by Crippen LogP contribution is 2.51. The van der Waals surface area contributed by atoms with E-state index in [1.165, 1.54) is 6.92 Å². The lowest BCUT2D eigenvalue weighted by Crippen LogP contribution is -2.43. The van der Waals surface area contributed by atoms with Crippen molar-refractivity contribution < 1.29 is 18.4 Å². The summed E-state index contributed by atoms with van der Waals surface area (Å²) in [6.45, 7) is 1.36. The summed E-state index contributed by atoms with van der Waals surface area (Å²) >= 11 is 5.54. The second-order valence-electron chi connectivity index (χ2n) is 5.37. The molecule has 2 amide bonds. The smallest absolute Gasteiger partial charge is 0.415 e. The van der Waals surface area contributed by atoms with Crippen molar-refractivity contribution in [1.82, 2.24) is 10.3 Å². The number of nitroso groups, excluding NO2 is 1. The van der Waals surface area contributed by atoms with Crippen molar-refractivity contribution in [3.63, 3.8) is 0 Å². The predicted molar refractivity (Wildman–Crippen MR) is 103 cm³/mol. The molecule has 0 aliphatic rings. The summed E-state index contributed by atoms with van der Waals surface area (Å²) in [5.74, 6) is -0.440. The number of halogens is 1. The van der Waals surface area contributed by atoms with Gasteiger partial charge in [0.25, 0.3) is 0 Å². The number of para-hydroxylation sites is 2. The lowest BCUT2D eigenvalue weighted by molar-refractivity contribution is 0.200. The third-order valence-corrected chi connectivity index (χ3v) is 5.57. The maximum absolute atomic E-state index is 13.4. The first-order chi connectivity index (χ1) is 13.0. The molecule has 2 aromatic rings. The molecule has 0 heterocycles. The molecule has 8 nitrogen and oxygen atoms in total. The Kier molecular flexibility index (Phi) is 7.64. The van der Waals surface area contributed by atoms with E-state index in [-0.39, 0.29) is 12.4 Å². The Morgan fingerprint density at radius 1 is 1.11 bits per heavy atom. The molecule has 1 atom stereocenters. The zero-order valence-corrected chi connectivity index (χ0v) is 16.2. The van der Waals surface area contributed by atoms with Crippen molar-refractivity contribution in [1.29, 1.82) is 0 Å². The summed E-state index contributed by atoms with van der Waals surface area (Å²) in [6.07, 6.45) is 0. The molecule has 0 aromatic heterocycles. The highest BCUT2D eigenvalue weighted by molar-refractivity contribution is 7.55. The molecule has 0 saturated carbocycles. The maximum Gasteiger partial charge on any atom is 0.452 e. The minimum absolute atomic E-state index is 0.0201. The normalized spacial score (nSPS) is 11.9. The number of rotatable bonds is 9. The molecule has 144 valence electrons. The van der Waals surface area contributed by atoms with E-state index in [2.05, 4.69) is 10.6 Å². The lowest BCUT2D eigenvalue weighted by Gasteiger charge is -2.26. The summed E-state index contributed by atoms with van der Waals surface area (Å²) in [7, 11) is -3.91. The molecule has 0 radical (unpaired) electrons. The average Bonchev–Trinajstić information content (AvgIpc) is 2.67. The van der Waals surface area contributed by atoms with Crippen LogP contribution in [0, 0.1) is 4.91 Å². The number of nitrogens with zero attached hydrogens (tertiary/aromatic N) is 2. The molecule has 0 aliphatic carbocycles. The van der Waals surface area contributed by atoms with Gasteiger partial charge in [0, 0.05) is 5.88 Å². The van der Waals surface area contributed by atoms with Crippen molar-refractivity contribution in [2.24, 2.45) is 5.29 Å². The second-order valence-corrected chi connectivity index (χ2v) is 7.97. The zero-order valence-electron chi connectivity index (χ0n) is 14.5. The first-order valence-corrected chi connectivity index (χ1v) is 10.2. The van der Waals surface area contributed by atoms with E-state index in [1.807, 2.05) is 0 Å². The van der Waals surface area contributed by atoms with E-state index in [9.17, 15) is 14.3 Å². The van der Waals surface area contributed by atoms with Crippen molar-refractivity contribution in [2.75, 3.05) is 12.4 Å². The van der Waals surface area contributed by atoms with Crippen LogP contribution in [0.4, 0.5) is 4.79 Å². The van der Waals surface area contributed by atoms with Gasteiger partial charge in [0.2, 0.25) is 0 Å². The maximum atomic E-state index is 13.4. The molecule has 10 heteroatoms. The van der Waals surface area contributed by atoms with Crippen LogP contribution in [-0.2, 0) is 4.57 Å². The number of urea groups is 1. The van der Waals surface area contributed by atoms with Crippen molar-refractivity contribution >= 4 is 25.2 Å². The molecule has 0 spiro atoms. The van der Waals surface area contributed by atoms with E-state index < -0.39 is 19.4 Å². The van der Waals surface area contributed by atoms with Crippen molar-refractivity contribution in [3.05, 3.63) is 65.6 Å². The van der Waals surface area contributed by atoms with Crippen LogP contribution < -0.4 is 14.4 Å². The van der Waals surface area contributed by atoms with Crippen LogP contribution in [0.5, 0.6) is 11.5 Å².